The van der Waals surface area contributed by atoms with Crippen molar-refractivity contribution in [2.75, 3.05) is 0 Å². The van der Waals surface area contributed by atoms with Gasteiger partial charge in [0.25, 0.3) is 0 Å². The molecule has 0 spiro atoms. The van der Waals surface area contributed by atoms with Crippen molar-refractivity contribution >= 4 is 11.9 Å². The van der Waals surface area contributed by atoms with Crippen molar-refractivity contribution in [1.29, 1.82) is 10.5 Å². The molecule has 0 aromatic heterocycles. The van der Waals surface area contributed by atoms with E-state index in [-0.39, 0.29) is 30.8 Å². The Hall–Kier alpha value is -5.34. The molecule has 210 valence electrons. The summed E-state index contributed by atoms with van der Waals surface area (Å²) >= 11 is 0. The summed E-state index contributed by atoms with van der Waals surface area (Å²) in [5, 5.41) is 17.7. The Bertz CT molecular complexity index is 1650. The predicted molar refractivity (Wildman–Crippen MR) is 152 cm³/mol. The summed E-state index contributed by atoms with van der Waals surface area (Å²) in [6.45, 7) is 0. The van der Waals surface area contributed by atoms with Crippen LogP contribution in [0.15, 0.2) is 84.9 Å². The van der Waals surface area contributed by atoms with Crippen molar-refractivity contribution < 1.29 is 27.8 Å². The Morgan fingerprint density at radius 2 is 1.12 bits per heavy atom. The number of ether oxygens (including phenoxy) is 2. The van der Waals surface area contributed by atoms with Crippen molar-refractivity contribution in [3.05, 3.63) is 108 Å². The predicted octanol–water partition coefficient (Wildman–Crippen LogP) is 7.70. The molecule has 0 heterocycles. The molecule has 0 unspecified atom stereocenters. The maximum atomic E-state index is 14.6. The zero-order chi connectivity index (χ0) is 29.9. The summed E-state index contributed by atoms with van der Waals surface area (Å²) in [6.07, 6.45) is 1.97. The van der Waals surface area contributed by atoms with E-state index in [1.807, 2.05) is 6.07 Å². The number of carbonyl (C=O) groups is 2. The van der Waals surface area contributed by atoms with E-state index < -0.39 is 23.6 Å². The van der Waals surface area contributed by atoms with Crippen LogP contribution in [0.2, 0.25) is 0 Å². The summed E-state index contributed by atoms with van der Waals surface area (Å²) < 4.78 is 39.7. The lowest BCUT2D eigenvalue weighted by Gasteiger charge is -2.09. The first-order valence-electron chi connectivity index (χ1n) is 13.3. The normalized spacial score (nSPS) is 10.4. The van der Waals surface area contributed by atoms with Crippen LogP contribution in [0.3, 0.4) is 0 Å². The molecule has 0 amide bonds. The van der Waals surface area contributed by atoms with E-state index in [1.165, 1.54) is 24.3 Å². The number of benzene rings is 4. The molecule has 0 aliphatic carbocycles. The lowest BCUT2D eigenvalue weighted by molar-refractivity contribution is -0.134. The van der Waals surface area contributed by atoms with Gasteiger partial charge in [-0.2, -0.15) is 10.5 Å². The first-order chi connectivity index (χ1) is 20.4. The van der Waals surface area contributed by atoms with Crippen molar-refractivity contribution in [2.24, 2.45) is 0 Å². The highest BCUT2D eigenvalue weighted by Gasteiger charge is 2.12. The molecule has 0 radical (unpaired) electrons. The van der Waals surface area contributed by atoms with E-state index in [9.17, 15) is 18.4 Å². The third kappa shape index (κ3) is 8.09. The fraction of sp³-hybridized carbons (Fsp3) is 0.176. The minimum atomic E-state index is -0.552. The number of hydrogen-bond donors (Lipinski definition) is 0. The fourth-order valence-corrected chi connectivity index (χ4v) is 4.29. The average molecular weight is 565 g/mol. The second-order valence-corrected chi connectivity index (χ2v) is 9.51. The standard InChI is InChI=1S/C34H26F2N2O4/c35-31-20-27(14-16-29(31)25-10-6-23(7-11-25)18-19-37)41-33(39)4-2-1-3-5-34(40)42-28-15-17-30(32(36)21-28)26-12-8-24(22-38)9-13-26/h6-17,20-21H,1-5,18H2. The number of nitrogens with zero attached hydrogens (tertiary/aromatic N) is 2. The Kier molecular flexibility index (Phi) is 10.1. The third-order valence-electron chi connectivity index (χ3n) is 6.48. The highest BCUT2D eigenvalue weighted by Crippen LogP contribution is 2.28. The fourth-order valence-electron chi connectivity index (χ4n) is 4.29. The lowest BCUT2D eigenvalue weighted by Crippen LogP contribution is -2.09. The van der Waals surface area contributed by atoms with E-state index in [4.69, 9.17) is 20.0 Å². The molecule has 6 nitrogen and oxygen atoms in total. The van der Waals surface area contributed by atoms with Gasteiger partial charge in [0, 0.05) is 36.1 Å². The summed E-state index contributed by atoms with van der Waals surface area (Å²) in [7, 11) is 0. The van der Waals surface area contributed by atoms with Crippen LogP contribution in [0.4, 0.5) is 8.78 Å². The van der Waals surface area contributed by atoms with E-state index in [0.29, 0.717) is 47.1 Å². The number of unbranched alkanes of at least 4 members (excludes halogenated alkanes) is 2. The molecule has 0 N–H and O–H groups in total. The highest BCUT2D eigenvalue weighted by molar-refractivity contribution is 5.74. The molecular weight excluding hydrogens is 538 g/mol. The lowest BCUT2D eigenvalue weighted by atomic mass is 10.0. The third-order valence-corrected chi connectivity index (χ3v) is 6.48. The second kappa shape index (κ2) is 14.3. The summed E-state index contributed by atoms with van der Waals surface area (Å²) in [5.41, 5.74) is 3.24. The van der Waals surface area contributed by atoms with Crippen LogP contribution in [0.5, 0.6) is 11.5 Å². The number of carbonyl (C=O) groups excluding carboxylic acids is 2. The van der Waals surface area contributed by atoms with E-state index in [0.717, 1.165) is 17.7 Å². The van der Waals surface area contributed by atoms with Gasteiger partial charge in [-0.3, -0.25) is 9.59 Å². The van der Waals surface area contributed by atoms with Crippen molar-refractivity contribution in [1.82, 2.24) is 0 Å². The molecule has 0 bridgehead atoms. The number of hydrogen-bond acceptors (Lipinski definition) is 6. The van der Waals surface area contributed by atoms with Gasteiger partial charge in [0.15, 0.2) is 0 Å². The Morgan fingerprint density at radius 3 is 1.55 bits per heavy atom. The van der Waals surface area contributed by atoms with E-state index in [2.05, 4.69) is 6.07 Å². The SMILES string of the molecule is N#CCc1ccc(-c2ccc(OC(=O)CCCCCC(=O)Oc3ccc(-c4ccc(C#N)cc4)c(F)c3)cc2F)cc1. The van der Waals surface area contributed by atoms with Gasteiger partial charge in [-0.1, -0.05) is 42.8 Å². The van der Waals surface area contributed by atoms with Crippen LogP contribution < -0.4 is 9.47 Å². The number of nitriles is 2. The number of rotatable bonds is 11. The molecule has 8 heteroatoms. The Balaban J connectivity index is 1.17. The smallest absolute Gasteiger partial charge is 0.311 e. The first kappa shape index (κ1) is 29.6. The summed E-state index contributed by atoms with van der Waals surface area (Å²) in [6, 6.07) is 25.9. The molecule has 4 rings (SSSR count). The zero-order valence-electron chi connectivity index (χ0n) is 22.6. The van der Waals surface area contributed by atoms with Crippen LogP contribution in [0, 0.1) is 34.3 Å². The topological polar surface area (TPSA) is 100 Å². The molecule has 4 aromatic carbocycles. The number of halogens is 2. The average Bonchev–Trinajstić information content (AvgIpc) is 2.98. The van der Waals surface area contributed by atoms with Gasteiger partial charge in [-0.25, -0.2) is 8.78 Å². The minimum absolute atomic E-state index is 0.0905. The minimum Gasteiger partial charge on any atom is -0.426 e. The molecule has 4 aromatic rings. The van der Waals surface area contributed by atoms with Crippen LogP contribution in [-0.2, 0) is 16.0 Å². The van der Waals surface area contributed by atoms with Gasteiger partial charge < -0.3 is 9.47 Å². The van der Waals surface area contributed by atoms with Crippen molar-refractivity contribution in [2.45, 2.75) is 38.5 Å². The van der Waals surface area contributed by atoms with E-state index in [1.54, 1.807) is 48.5 Å². The highest BCUT2D eigenvalue weighted by atomic mass is 19.1. The second-order valence-electron chi connectivity index (χ2n) is 9.51. The van der Waals surface area contributed by atoms with Crippen molar-refractivity contribution in [3.63, 3.8) is 0 Å². The Morgan fingerprint density at radius 1 is 0.643 bits per heavy atom. The van der Waals surface area contributed by atoms with Gasteiger partial charge in [0.1, 0.15) is 23.1 Å². The van der Waals surface area contributed by atoms with Gasteiger partial charge in [-0.15, -0.1) is 0 Å². The molecule has 0 aliphatic rings. The van der Waals surface area contributed by atoms with Crippen LogP contribution in [-0.4, -0.2) is 11.9 Å². The first-order valence-corrected chi connectivity index (χ1v) is 13.3. The molecule has 0 saturated heterocycles. The van der Waals surface area contributed by atoms with E-state index >= 15 is 0 Å². The number of esters is 2. The summed E-state index contributed by atoms with van der Waals surface area (Å²) in [5.74, 6) is -1.92. The maximum absolute atomic E-state index is 14.6. The molecule has 0 saturated carbocycles. The van der Waals surface area contributed by atoms with Gasteiger partial charge >= 0.3 is 11.9 Å². The van der Waals surface area contributed by atoms with Crippen molar-refractivity contribution in [3.8, 4) is 45.9 Å². The van der Waals surface area contributed by atoms with Crippen LogP contribution in [0.1, 0.15) is 43.2 Å². The summed E-state index contributed by atoms with van der Waals surface area (Å²) in [4.78, 5) is 24.4. The molecule has 0 atom stereocenters. The maximum Gasteiger partial charge on any atom is 0.311 e. The largest absolute Gasteiger partial charge is 0.426 e. The Labute approximate surface area is 242 Å². The monoisotopic (exact) mass is 564 g/mol. The zero-order valence-corrected chi connectivity index (χ0v) is 22.6. The molecule has 0 aliphatic heterocycles. The van der Waals surface area contributed by atoms with Gasteiger partial charge in [0.05, 0.1) is 24.1 Å². The van der Waals surface area contributed by atoms with Gasteiger partial charge in [0.2, 0.25) is 0 Å². The quantitative estimate of drug-likeness (QED) is 0.105. The molecule has 0 fully saturated rings. The van der Waals surface area contributed by atoms with Crippen LogP contribution >= 0.6 is 0 Å². The van der Waals surface area contributed by atoms with Gasteiger partial charge in [-0.05, 0) is 65.9 Å². The molecule has 42 heavy (non-hydrogen) atoms. The molecular formula is C34H26F2N2O4. The van der Waals surface area contributed by atoms with Crippen LogP contribution in [0.25, 0.3) is 22.3 Å².